The minimum Gasteiger partial charge on any atom is -0.356 e. The quantitative estimate of drug-likeness (QED) is 0.569. The van der Waals surface area contributed by atoms with E-state index in [1.165, 1.54) is 0 Å². The molecule has 7 nitrogen and oxygen atoms in total. The number of likely N-dealkylation sites (tertiary alicyclic amines) is 1. The van der Waals surface area contributed by atoms with E-state index in [4.69, 9.17) is 16.1 Å². The lowest BCUT2D eigenvalue weighted by Crippen LogP contribution is -2.47. The van der Waals surface area contributed by atoms with Gasteiger partial charge in [-0.15, -0.1) is 0 Å². The van der Waals surface area contributed by atoms with E-state index in [0.29, 0.717) is 47.7 Å². The van der Waals surface area contributed by atoms with Crippen LogP contribution in [0.25, 0.3) is 11.4 Å². The highest BCUT2D eigenvalue weighted by Gasteiger charge is 2.31. The first kappa shape index (κ1) is 20.6. The summed E-state index contributed by atoms with van der Waals surface area (Å²) >= 11 is 5.92. The molecular formula is C20H29ClN6O. The number of halogens is 1. The predicted octanol–water partition coefficient (Wildman–Crippen LogP) is 2.83. The SMILES string of the molecule is CN=C(NCCc1nc(-c2ccc(Cl)cc2)no1)NC1CN(C(C)C)CC1C. The summed E-state index contributed by atoms with van der Waals surface area (Å²) in [5.41, 5.74) is 0.884. The summed E-state index contributed by atoms with van der Waals surface area (Å²) in [6.45, 7) is 9.58. The monoisotopic (exact) mass is 404 g/mol. The number of hydrogen-bond acceptors (Lipinski definition) is 5. The molecule has 1 aliphatic rings. The van der Waals surface area contributed by atoms with Crippen LogP contribution in [-0.2, 0) is 6.42 Å². The molecule has 1 fully saturated rings. The average Bonchev–Trinajstić information content (AvgIpc) is 3.29. The smallest absolute Gasteiger partial charge is 0.228 e. The van der Waals surface area contributed by atoms with Gasteiger partial charge in [0.2, 0.25) is 11.7 Å². The number of hydrogen-bond donors (Lipinski definition) is 2. The Morgan fingerprint density at radius 2 is 2.07 bits per heavy atom. The molecule has 2 atom stereocenters. The van der Waals surface area contributed by atoms with Crippen molar-refractivity contribution in [2.45, 2.75) is 39.3 Å². The molecular weight excluding hydrogens is 376 g/mol. The van der Waals surface area contributed by atoms with Gasteiger partial charge in [0.05, 0.1) is 0 Å². The second-order valence-corrected chi connectivity index (χ2v) is 7.98. The molecule has 0 saturated carbocycles. The summed E-state index contributed by atoms with van der Waals surface area (Å²) in [6.07, 6.45) is 0.625. The van der Waals surface area contributed by atoms with Crippen LogP contribution in [0.5, 0.6) is 0 Å². The highest BCUT2D eigenvalue weighted by Crippen LogP contribution is 2.19. The third kappa shape index (κ3) is 5.23. The third-order valence-corrected chi connectivity index (χ3v) is 5.37. The van der Waals surface area contributed by atoms with Crippen LogP contribution in [0.15, 0.2) is 33.8 Å². The summed E-state index contributed by atoms with van der Waals surface area (Å²) in [5.74, 6) is 2.55. The van der Waals surface area contributed by atoms with Gasteiger partial charge in [0.1, 0.15) is 0 Å². The number of aromatic nitrogens is 2. The fourth-order valence-corrected chi connectivity index (χ4v) is 3.47. The maximum atomic E-state index is 5.92. The van der Waals surface area contributed by atoms with E-state index in [2.05, 4.69) is 51.4 Å². The van der Waals surface area contributed by atoms with E-state index in [1.54, 1.807) is 7.05 Å². The van der Waals surface area contributed by atoms with E-state index < -0.39 is 0 Å². The van der Waals surface area contributed by atoms with Crippen molar-refractivity contribution in [1.29, 1.82) is 0 Å². The molecule has 2 heterocycles. The molecule has 2 aromatic rings. The van der Waals surface area contributed by atoms with Gasteiger partial charge in [-0.2, -0.15) is 4.98 Å². The summed E-state index contributed by atoms with van der Waals surface area (Å²) in [5, 5.41) is 11.6. The highest BCUT2D eigenvalue weighted by atomic mass is 35.5. The second kappa shape index (κ2) is 9.39. The zero-order chi connectivity index (χ0) is 20.1. The molecule has 0 radical (unpaired) electrons. The maximum Gasteiger partial charge on any atom is 0.228 e. The number of nitrogens with one attached hydrogen (secondary N) is 2. The molecule has 8 heteroatoms. The van der Waals surface area contributed by atoms with E-state index >= 15 is 0 Å². The topological polar surface area (TPSA) is 78.6 Å². The van der Waals surface area contributed by atoms with Gasteiger partial charge in [-0.25, -0.2) is 0 Å². The van der Waals surface area contributed by atoms with Crippen LogP contribution in [0, 0.1) is 5.92 Å². The normalized spacial score (nSPS) is 20.7. The molecule has 1 aromatic heterocycles. The first-order valence-electron chi connectivity index (χ1n) is 9.76. The summed E-state index contributed by atoms with van der Waals surface area (Å²) in [6, 6.07) is 8.35. The molecule has 1 aromatic carbocycles. The Morgan fingerprint density at radius 1 is 1.32 bits per heavy atom. The van der Waals surface area contributed by atoms with E-state index in [9.17, 15) is 0 Å². The molecule has 0 bridgehead atoms. The molecule has 2 N–H and O–H groups in total. The van der Waals surface area contributed by atoms with Crippen molar-refractivity contribution < 1.29 is 4.52 Å². The Bertz CT molecular complexity index is 788. The van der Waals surface area contributed by atoms with Crippen molar-refractivity contribution >= 4 is 17.6 Å². The maximum absolute atomic E-state index is 5.92. The highest BCUT2D eigenvalue weighted by molar-refractivity contribution is 6.30. The van der Waals surface area contributed by atoms with Gasteiger partial charge in [0, 0.05) is 55.8 Å². The summed E-state index contributed by atoms with van der Waals surface area (Å²) in [7, 11) is 1.79. The fraction of sp³-hybridized carbons (Fsp3) is 0.550. The van der Waals surface area contributed by atoms with Gasteiger partial charge >= 0.3 is 0 Å². The van der Waals surface area contributed by atoms with Gasteiger partial charge in [-0.3, -0.25) is 9.89 Å². The zero-order valence-corrected chi connectivity index (χ0v) is 17.7. The largest absolute Gasteiger partial charge is 0.356 e. The third-order valence-electron chi connectivity index (χ3n) is 5.12. The van der Waals surface area contributed by atoms with Gasteiger partial charge in [-0.1, -0.05) is 23.7 Å². The van der Waals surface area contributed by atoms with Gasteiger partial charge in [0.15, 0.2) is 5.96 Å². The lowest BCUT2D eigenvalue weighted by Gasteiger charge is -2.21. The minimum atomic E-state index is 0.397. The van der Waals surface area contributed by atoms with Gasteiger partial charge in [-0.05, 0) is 44.0 Å². The molecule has 28 heavy (non-hydrogen) atoms. The number of rotatable bonds is 6. The van der Waals surface area contributed by atoms with Gasteiger partial charge < -0.3 is 15.2 Å². The van der Waals surface area contributed by atoms with Gasteiger partial charge in [0.25, 0.3) is 0 Å². The van der Waals surface area contributed by atoms with Crippen LogP contribution < -0.4 is 10.6 Å². The lowest BCUT2D eigenvalue weighted by molar-refractivity contribution is 0.265. The Hall–Kier alpha value is -2.12. The number of nitrogens with zero attached hydrogens (tertiary/aromatic N) is 4. The van der Waals surface area contributed by atoms with Crippen molar-refractivity contribution in [2.75, 3.05) is 26.7 Å². The molecule has 0 amide bonds. The first-order chi connectivity index (χ1) is 13.5. The Balaban J connectivity index is 1.48. The van der Waals surface area contributed by atoms with E-state index in [1.807, 2.05) is 24.3 Å². The average molecular weight is 405 g/mol. The Labute approximate surface area is 171 Å². The number of benzene rings is 1. The van der Waals surface area contributed by atoms with Crippen molar-refractivity contribution in [3.63, 3.8) is 0 Å². The molecule has 0 spiro atoms. The Morgan fingerprint density at radius 3 is 2.71 bits per heavy atom. The zero-order valence-electron chi connectivity index (χ0n) is 16.9. The Kier molecular flexibility index (Phi) is 6.91. The van der Waals surface area contributed by atoms with Crippen molar-refractivity contribution in [1.82, 2.24) is 25.7 Å². The van der Waals surface area contributed by atoms with Crippen LogP contribution >= 0.6 is 11.6 Å². The van der Waals surface area contributed by atoms with Crippen LogP contribution in [0.4, 0.5) is 0 Å². The van der Waals surface area contributed by atoms with Crippen molar-refractivity contribution in [3.8, 4) is 11.4 Å². The fourth-order valence-electron chi connectivity index (χ4n) is 3.34. The van der Waals surface area contributed by atoms with Crippen molar-refractivity contribution in [2.24, 2.45) is 10.9 Å². The standard InChI is InChI=1S/C20H29ClN6O/c1-13(2)27-11-14(3)17(12-27)24-20(22-4)23-10-9-18-25-19(26-28-18)15-5-7-16(21)8-6-15/h5-8,13-14,17H,9-12H2,1-4H3,(H2,22,23,24). The first-order valence-corrected chi connectivity index (χ1v) is 10.1. The molecule has 2 unspecified atom stereocenters. The predicted molar refractivity (Wildman–Crippen MR) is 113 cm³/mol. The van der Waals surface area contributed by atoms with E-state index in [-0.39, 0.29) is 0 Å². The lowest BCUT2D eigenvalue weighted by atomic mass is 10.1. The molecule has 1 aliphatic heterocycles. The molecule has 152 valence electrons. The van der Waals surface area contributed by atoms with Crippen LogP contribution in [0.2, 0.25) is 5.02 Å². The van der Waals surface area contributed by atoms with Crippen molar-refractivity contribution in [3.05, 3.63) is 35.2 Å². The molecule has 3 rings (SSSR count). The second-order valence-electron chi connectivity index (χ2n) is 7.54. The van der Waals surface area contributed by atoms with Crippen LogP contribution in [-0.4, -0.2) is 59.8 Å². The summed E-state index contributed by atoms with van der Waals surface area (Å²) in [4.78, 5) is 11.3. The minimum absolute atomic E-state index is 0.397. The number of guanidine groups is 1. The number of aliphatic imine (C=N–C) groups is 1. The van der Waals surface area contributed by atoms with E-state index in [0.717, 1.165) is 24.6 Å². The molecule has 1 saturated heterocycles. The molecule has 0 aliphatic carbocycles. The van der Waals surface area contributed by atoms with Crippen LogP contribution in [0.3, 0.4) is 0 Å². The van der Waals surface area contributed by atoms with Crippen LogP contribution in [0.1, 0.15) is 26.7 Å². The summed E-state index contributed by atoms with van der Waals surface area (Å²) < 4.78 is 5.35.